The van der Waals surface area contributed by atoms with Crippen LogP contribution in [0.3, 0.4) is 0 Å². The molecule has 0 spiro atoms. The van der Waals surface area contributed by atoms with Gasteiger partial charge in [0.25, 0.3) is 0 Å². The van der Waals surface area contributed by atoms with E-state index < -0.39 is 6.10 Å². The zero-order valence-electron chi connectivity index (χ0n) is 24.5. The van der Waals surface area contributed by atoms with Crippen molar-refractivity contribution in [3.05, 3.63) is 0 Å². The van der Waals surface area contributed by atoms with Crippen molar-refractivity contribution in [1.82, 2.24) is 31.1 Å². The Hall–Kier alpha value is -0.560. The minimum absolute atomic E-state index is 0.0302. The number of amides is 1. The number of carbonyl (C=O) groups excluding carboxylic acids is 1. The summed E-state index contributed by atoms with van der Waals surface area (Å²) in [5.74, 6) is 0.989. The van der Waals surface area contributed by atoms with Crippen LogP contribution in [-0.4, -0.2) is 123 Å². The van der Waals surface area contributed by atoms with Gasteiger partial charge in [0, 0.05) is 38.1 Å². The Morgan fingerprint density at radius 3 is 2.83 bits per heavy atom. The van der Waals surface area contributed by atoms with Crippen LogP contribution in [0.5, 0.6) is 0 Å². The lowest BCUT2D eigenvalue weighted by atomic mass is 9.73. The van der Waals surface area contributed by atoms with Crippen LogP contribution in [0.2, 0.25) is 0 Å². The van der Waals surface area contributed by atoms with Gasteiger partial charge in [-0.3, -0.25) is 25.6 Å². The van der Waals surface area contributed by atoms with E-state index in [-0.39, 0.29) is 41.7 Å². The molecule has 0 aromatic heterocycles. The van der Waals surface area contributed by atoms with Crippen molar-refractivity contribution >= 4 is 17.5 Å². The molecule has 5 fully saturated rings. The topological polar surface area (TPSA) is 110 Å². The molecule has 230 valence electrons. The molecule has 10 nitrogen and oxygen atoms in total. The summed E-state index contributed by atoms with van der Waals surface area (Å²) in [6, 6.07) is 0.568. The number of fused-ring (bicyclic) bond motifs is 1. The molecule has 3 saturated heterocycles. The molecule has 8 unspecified atom stereocenters. The maximum absolute atomic E-state index is 13.2. The van der Waals surface area contributed by atoms with Crippen LogP contribution in [0.15, 0.2) is 0 Å². The van der Waals surface area contributed by atoms with E-state index in [1.807, 2.05) is 0 Å². The van der Waals surface area contributed by atoms with Gasteiger partial charge in [-0.25, -0.2) is 0 Å². The average molecular weight is 585 g/mol. The van der Waals surface area contributed by atoms with E-state index in [4.69, 9.17) is 21.1 Å². The number of carbonyl (C=O) groups is 1. The summed E-state index contributed by atoms with van der Waals surface area (Å²) in [5, 5.41) is 24.6. The SMILES string of the molecule is CCN(C)C1CC(C(=O)NC[C@H](O)CN2CCC3C(CCC(OCC4CNCO4)C3Cl)C2)CC(NC2CCC2)N1. The molecule has 3 aliphatic heterocycles. The first-order valence-corrected chi connectivity index (χ1v) is 16.3. The number of aliphatic hydroxyl groups excluding tert-OH is 1. The van der Waals surface area contributed by atoms with Crippen molar-refractivity contribution in [2.45, 2.75) is 100 Å². The number of nitrogens with zero attached hydrogens (tertiary/aromatic N) is 2. The summed E-state index contributed by atoms with van der Waals surface area (Å²) in [7, 11) is 2.11. The third-order valence-corrected chi connectivity index (χ3v) is 10.7. The Morgan fingerprint density at radius 1 is 1.25 bits per heavy atom. The highest BCUT2D eigenvalue weighted by Crippen LogP contribution is 2.40. The number of piperidine rings is 2. The van der Waals surface area contributed by atoms with E-state index in [1.54, 1.807) is 0 Å². The van der Waals surface area contributed by atoms with Gasteiger partial charge in [0.2, 0.25) is 5.91 Å². The van der Waals surface area contributed by atoms with Gasteiger partial charge < -0.3 is 24.8 Å². The van der Waals surface area contributed by atoms with Crippen LogP contribution in [0, 0.1) is 17.8 Å². The van der Waals surface area contributed by atoms with Crippen molar-refractivity contribution in [3.63, 3.8) is 0 Å². The number of alkyl halides is 1. The van der Waals surface area contributed by atoms with Gasteiger partial charge >= 0.3 is 0 Å². The third kappa shape index (κ3) is 8.08. The summed E-state index contributed by atoms with van der Waals surface area (Å²) >= 11 is 6.93. The predicted octanol–water partition coefficient (Wildman–Crippen LogP) is 0.880. The standard InChI is InChI=1S/C29H53ClN6O4/c1-3-35(2)27-12-20(11-26(34-27)33-21-5-4-6-21)29(38)32-13-22(37)16-36-10-9-24-19(15-36)7-8-25(28(24)30)39-17-23-14-31-18-40-23/h19-28,31,33-34,37H,3-18H2,1-2H3,(H,32,38)/t19?,20?,22-,23?,24?,25?,26?,27?,28?/m0/s1. The first kappa shape index (κ1) is 30.9. The molecule has 0 aromatic rings. The van der Waals surface area contributed by atoms with E-state index in [1.165, 1.54) is 19.3 Å². The second-order valence-electron chi connectivity index (χ2n) is 12.9. The van der Waals surface area contributed by atoms with Crippen molar-refractivity contribution in [1.29, 1.82) is 0 Å². The fourth-order valence-corrected chi connectivity index (χ4v) is 7.79. The Labute approximate surface area is 245 Å². The largest absolute Gasteiger partial charge is 0.390 e. The molecule has 5 N–H and O–H groups in total. The van der Waals surface area contributed by atoms with Crippen molar-refractivity contribution < 1.29 is 19.4 Å². The number of likely N-dealkylation sites (tertiary alicyclic amines) is 1. The van der Waals surface area contributed by atoms with Gasteiger partial charge in [0.1, 0.15) is 0 Å². The number of halogens is 1. The number of ether oxygens (including phenoxy) is 2. The molecular weight excluding hydrogens is 532 g/mol. The summed E-state index contributed by atoms with van der Waals surface area (Å²) in [4.78, 5) is 17.8. The molecular formula is C29H53ClN6O4. The Morgan fingerprint density at radius 2 is 2.10 bits per heavy atom. The van der Waals surface area contributed by atoms with Gasteiger partial charge in [-0.05, 0) is 76.9 Å². The zero-order valence-corrected chi connectivity index (χ0v) is 25.3. The number of aliphatic hydroxyl groups is 1. The minimum atomic E-state index is -0.577. The average Bonchev–Trinajstić information content (AvgIpc) is 3.46. The highest BCUT2D eigenvalue weighted by atomic mass is 35.5. The van der Waals surface area contributed by atoms with E-state index in [9.17, 15) is 9.90 Å². The van der Waals surface area contributed by atoms with Crippen molar-refractivity contribution in [2.24, 2.45) is 17.8 Å². The molecule has 2 aliphatic carbocycles. The second-order valence-corrected chi connectivity index (χ2v) is 13.4. The van der Waals surface area contributed by atoms with E-state index in [0.717, 1.165) is 58.3 Å². The lowest BCUT2D eigenvalue weighted by Crippen LogP contribution is -2.62. The lowest BCUT2D eigenvalue weighted by molar-refractivity contribution is -0.128. The number of nitrogens with one attached hydrogen (secondary N) is 4. The van der Waals surface area contributed by atoms with Gasteiger partial charge in [-0.1, -0.05) is 13.3 Å². The Kier molecular flexibility index (Phi) is 11.4. The van der Waals surface area contributed by atoms with Gasteiger partial charge in [-0.2, -0.15) is 0 Å². The monoisotopic (exact) mass is 584 g/mol. The van der Waals surface area contributed by atoms with E-state index >= 15 is 0 Å². The molecule has 3 heterocycles. The van der Waals surface area contributed by atoms with Crippen LogP contribution < -0.4 is 21.3 Å². The summed E-state index contributed by atoms with van der Waals surface area (Å²) in [6.45, 7) is 7.90. The van der Waals surface area contributed by atoms with Crippen molar-refractivity contribution in [3.8, 4) is 0 Å². The predicted molar refractivity (Wildman–Crippen MR) is 156 cm³/mol. The first-order chi connectivity index (χ1) is 19.4. The van der Waals surface area contributed by atoms with E-state index in [2.05, 4.69) is 45.0 Å². The van der Waals surface area contributed by atoms with E-state index in [0.29, 0.717) is 44.3 Å². The van der Waals surface area contributed by atoms with Gasteiger partial charge in [0.15, 0.2) is 0 Å². The summed E-state index contributed by atoms with van der Waals surface area (Å²) in [5.41, 5.74) is 0. The first-order valence-electron chi connectivity index (χ1n) is 15.9. The molecule has 40 heavy (non-hydrogen) atoms. The number of hydrogen-bond donors (Lipinski definition) is 5. The second kappa shape index (κ2) is 14.8. The normalized spacial score (nSPS) is 38.1. The quantitative estimate of drug-likeness (QED) is 0.214. The van der Waals surface area contributed by atoms with Crippen LogP contribution >= 0.6 is 11.6 Å². The van der Waals surface area contributed by atoms with Gasteiger partial charge in [-0.15, -0.1) is 11.6 Å². The van der Waals surface area contributed by atoms with Gasteiger partial charge in [0.05, 0.1) is 49.4 Å². The molecule has 0 radical (unpaired) electrons. The molecule has 9 atom stereocenters. The molecule has 5 rings (SSSR count). The maximum Gasteiger partial charge on any atom is 0.223 e. The fourth-order valence-electron chi connectivity index (χ4n) is 7.26. The maximum atomic E-state index is 13.2. The Balaban J connectivity index is 1.03. The lowest BCUT2D eigenvalue weighted by Gasteiger charge is -2.46. The minimum Gasteiger partial charge on any atom is -0.390 e. The van der Waals surface area contributed by atoms with Crippen LogP contribution in [0.4, 0.5) is 0 Å². The zero-order chi connectivity index (χ0) is 28.1. The van der Waals surface area contributed by atoms with Crippen LogP contribution in [-0.2, 0) is 14.3 Å². The highest BCUT2D eigenvalue weighted by molar-refractivity contribution is 6.21. The third-order valence-electron chi connectivity index (χ3n) is 10.1. The van der Waals surface area contributed by atoms with Crippen LogP contribution in [0.1, 0.15) is 58.3 Å². The Bertz CT molecular complexity index is 802. The van der Waals surface area contributed by atoms with Crippen LogP contribution in [0.25, 0.3) is 0 Å². The number of hydrogen-bond acceptors (Lipinski definition) is 9. The highest BCUT2D eigenvalue weighted by Gasteiger charge is 2.42. The summed E-state index contributed by atoms with van der Waals surface area (Å²) < 4.78 is 11.8. The molecule has 0 aromatic carbocycles. The molecule has 11 heteroatoms. The number of β-amino-alcohol motifs (C(OH)–C–C–N with tert-alkyl or cyclic N) is 1. The molecule has 0 bridgehead atoms. The smallest absolute Gasteiger partial charge is 0.223 e. The van der Waals surface area contributed by atoms with Crippen molar-refractivity contribution in [2.75, 3.05) is 59.7 Å². The summed E-state index contributed by atoms with van der Waals surface area (Å²) in [6.07, 6.45) is 8.39. The number of rotatable bonds is 12. The fraction of sp³-hybridized carbons (Fsp3) is 0.966. The molecule has 1 amide bonds. The molecule has 2 saturated carbocycles. The molecule has 5 aliphatic rings.